The van der Waals surface area contributed by atoms with Crippen LogP contribution in [0.4, 0.5) is 0 Å². The highest BCUT2D eigenvalue weighted by Crippen LogP contribution is 2.59. The molecule has 0 aromatic carbocycles. The summed E-state index contributed by atoms with van der Waals surface area (Å²) in [6.45, 7) is 4.19. The number of hydrogen-bond donors (Lipinski definition) is 1. The maximum absolute atomic E-state index is 6.13. The van der Waals surface area contributed by atoms with Gasteiger partial charge in [0.15, 0.2) is 5.82 Å². The summed E-state index contributed by atoms with van der Waals surface area (Å²) in [7, 11) is 0. The Balaban J connectivity index is 1.59. The van der Waals surface area contributed by atoms with Gasteiger partial charge in [-0.3, -0.25) is 0 Å². The van der Waals surface area contributed by atoms with E-state index < -0.39 is 0 Å². The molecule has 4 fully saturated rings. The molecule has 1 aromatic heterocycles. The second-order valence-corrected chi connectivity index (χ2v) is 7.72. The van der Waals surface area contributed by atoms with Crippen molar-refractivity contribution >= 4 is 0 Å². The van der Waals surface area contributed by atoms with Crippen molar-refractivity contribution in [3.05, 3.63) is 11.7 Å². The molecule has 1 aromatic rings. The molecule has 4 bridgehead atoms. The Morgan fingerprint density at radius 1 is 1.05 bits per heavy atom. The molecular weight excluding hydrogens is 250 g/mol. The Labute approximate surface area is 120 Å². The Morgan fingerprint density at radius 2 is 1.65 bits per heavy atom. The molecule has 20 heavy (non-hydrogen) atoms. The van der Waals surface area contributed by atoms with Crippen LogP contribution in [0.1, 0.15) is 69.6 Å². The third-order valence-corrected chi connectivity index (χ3v) is 5.99. The van der Waals surface area contributed by atoms with Gasteiger partial charge in [0.2, 0.25) is 5.89 Å². The average molecular weight is 275 g/mol. The topological polar surface area (TPSA) is 64.9 Å². The SMILES string of the molecule is CC(C)C(N)c1nc(C2C3CC4CC(C3)CC2C4)no1. The molecule has 4 saturated carbocycles. The Morgan fingerprint density at radius 3 is 2.20 bits per heavy atom. The standard InChI is InChI=1S/C16H25N3O/c1-8(2)14(17)16-18-15(19-20-16)13-11-4-9-3-10(6-11)7-12(13)5-9/h8-14H,3-7,17H2,1-2H3. The van der Waals surface area contributed by atoms with Crippen LogP contribution in [0.5, 0.6) is 0 Å². The van der Waals surface area contributed by atoms with Gasteiger partial charge in [0.1, 0.15) is 0 Å². The Kier molecular flexibility index (Phi) is 2.92. The summed E-state index contributed by atoms with van der Waals surface area (Å²) >= 11 is 0. The lowest BCUT2D eigenvalue weighted by Crippen LogP contribution is -2.44. The van der Waals surface area contributed by atoms with E-state index in [1.807, 2.05) is 0 Å². The number of aromatic nitrogens is 2. The highest BCUT2D eigenvalue weighted by Gasteiger charge is 2.50. The second kappa shape index (κ2) is 4.55. The molecule has 0 amide bonds. The van der Waals surface area contributed by atoms with Gasteiger partial charge in [-0.25, -0.2) is 0 Å². The minimum Gasteiger partial charge on any atom is -0.338 e. The first-order valence-electron chi connectivity index (χ1n) is 8.21. The quantitative estimate of drug-likeness (QED) is 0.919. The highest BCUT2D eigenvalue weighted by atomic mass is 16.5. The van der Waals surface area contributed by atoms with Gasteiger partial charge in [0.05, 0.1) is 6.04 Å². The molecule has 4 aliphatic carbocycles. The first-order chi connectivity index (χ1) is 9.61. The van der Waals surface area contributed by atoms with Crippen molar-refractivity contribution in [1.29, 1.82) is 0 Å². The van der Waals surface area contributed by atoms with Gasteiger partial charge in [-0.15, -0.1) is 0 Å². The van der Waals surface area contributed by atoms with E-state index in [1.165, 1.54) is 32.1 Å². The van der Waals surface area contributed by atoms with E-state index in [1.54, 1.807) is 0 Å². The summed E-state index contributed by atoms with van der Waals surface area (Å²) in [4.78, 5) is 4.67. The van der Waals surface area contributed by atoms with E-state index >= 15 is 0 Å². The maximum Gasteiger partial charge on any atom is 0.243 e. The van der Waals surface area contributed by atoms with Crippen LogP contribution in [0.15, 0.2) is 4.52 Å². The molecule has 1 atom stereocenters. The zero-order valence-electron chi connectivity index (χ0n) is 12.5. The monoisotopic (exact) mass is 275 g/mol. The Bertz CT molecular complexity index is 468. The summed E-state index contributed by atoms with van der Waals surface area (Å²) in [6.07, 6.45) is 7.03. The molecule has 110 valence electrons. The van der Waals surface area contributed by atoms with E-state index in [9.17, 15) is 0 Å². The van der Waals surface area contributed by atoms with Gasteiger partial charge >= 0.3 is 0 Å². The predicted octanol–water partition coefficient (Wildman–Crippen LogP) is 3.27. The molecule has 0 spiro atoms. The fourth-order valence-electron chi connectivity index (χ4n) is 5.15. The van der Waals surface area contributed by atoms with Crippen molar-refractivity contribution in [3.63, 3.8) is 0 Å². The van der Waals surface area contributed by atoms with Crippen LogP contribution in [-0.2, 0) is 0 Å². The number of rotatable bonds is 3. The van der Waals surface area contributed by atoms with E-state index in [4.69, 9.17) is 10.3 Å². The highest BCUT2D eigenvalue weighted by molar-refractivity contribution is 5.10. The average Bonchev–Trinajstić information content (AvgIpc) is 2.85. The van der Waals surface area contributed by atoms with Gasteiger partial charge in [0, 0.05) is 5.92 Å². The van der Waals surface area contributed by atoms with Crippen molar-refractivity contribution in [3.8, 4) is 0 Å². The molecule has 0 radical (unpaired) electrons. The van der Waals surface area contributed by atoms with Crippen molar-refractivity contribution in [2.24, 2.45) is 35.3 Å². The zero-order chi connectivity index (χ0) is 13.9. The summed E-state index contributed by atoms with van der Waals surface area (Å²) < 4.78 is 5.46. The van der Waals surface area contributed by atoms with Gasteiger partial charge < -0.3 is 10.3 Å². The molecule has 5 rings (SSSR count). The number of nitrogens with zero attached hydrogens (tertiary/aromatic N) is 2. The lowest BCUT2D eigenvalue weighted by atomic mass is 9.52. The van der Waals surface area contributed by atoms with E-state index in [2.05, 4.69) is 24.0 Å². The molecule has 4 aliphatic rings. The minimum atomic E-state index is -0.131. The molecule has 2 N–H and O–H groups in total. The minimum absolute atomic E-state index is 0.131. The second-order valence-electron chi connectivity index (χ2n) is 7.72. The van der Waals surface area contributed by atoms with Crippen molar-refractivity contribution in [2.75, 3.05) is 0 Å². The van der Waals surface area contributed by atoms with E-state index in [0.717, 1.165) is 29.5 Å². The predicted molar refractivity (Wildman–Crippen MR) is 75.9 cm³/mol. The van der Waals surface area contributed by atoms with Crippen LogP contribution in [0.25, 0.3) is 0 Å². The van der Waals surface area contributed by atoms with Crippen molar-refractivity contribution in [2.45, 2.75) is 57.9 Å². The maximum atomic E-state index is 6.13. The van der Waals surface area contributed by atoms with Crippen LogP contribution >= 0.6 is 0 Å². The molecule has 4 nitrogen and oxygen atoms in total. The van der Waals surface area contributed by atoms with E-state index in [-0.39, 0.29) is 6.04 Å². The zero-order valence-corrected chi connectivity index (χ0v) is 12.5. The van der Waals surface area contributed by atoms with Gasteiger partial charge in [0.25, 0.3) is 0 Å². The van der Waals surface area contributed by atoms with Crippen molar-refractivity contribution in [1.82, 2.24) is 10.1 Å². The molecule has 1 heterocycles. The van der Waals surface area contributed by atoms with Gasteiger partial charge in [-0.05, 0) is 61.7 Å². The third-order valence-electron chi connectivity index (χ3n) is 5.99. The molecule has 1 unspecified atom stereocenters. The fraction of sp³-hybridized carbons (Fsp3) is 0.875. The normalized spacial score (nSPS) is 40.5. The summed E-state index contributed by atoms with van der Waals surface area (Å²) in [5, 5.41) is 4.30. The first kappa shape index (κ1) is 12.8. The van der Waals surface area contributed by atoms with Crippen LogP contribution < -0.4 is 5.73 Å². The van der Waals surface area contributed by atoms with Crippen LogP contribution in [0.2, 0.25) is 0 Å². The first-order valence-corrected chi connectivity index (χ1v) is 8.21. The van der Waals surface area contributed by atoms with Crippen LogP contribution in [0.3, 0.4) is 0 Å². The Hall–Kier alpha value is -0.900. The molecule has 0 aliphatic heterocycles. The number of hydrogen-bond acceptors (Lipinski definition) is 4. The lowest BCUT2D eigenvalue weighted by molar-refractivity contribution is -0.00629. The fourth-order valence-corrected chi connectivity index (χ4v) is 5.15. The number of nitrogens with two attached hydrogens (primary N) is 1. The van der Waals surface area contributed by atoms with Crippen LogP contribution in [0, 0.1) is 29.6 Å². The summed E-state index contributed by atoms with van der Waals surface area (Å²) in [5.74, 6) is 6.02. The third kappa shape index (κ3) is 1.92. The molecule has 0 saturated heterocycles. The lowest BCUT2D eigenvalue weighted by Gasteiger charge is -2.53. The van der Waals surface area contributed by atoms with Crippen LogP contribution in [-0.4, -0.2) is 10.1 Å². The summed E-state index contributed by atoms with van der Waals surface area (Å²) in [5.41, 5.74) is 6.13. The smallest absolute Gasteiger partial charge is 0.243 e. The molecule has 4 heteroatoms. The largest absolute Gasteiger partial charge is 0.338 e. The van der Waals surface area contributed by atoms with Crippen molar-refractivity contribution < 1.29 is 4.52 Å². The van der Waals surface area contributed by atoms with Gasteiger partial charge in [-0.1, -0.05) is 19.0 Å². The van der Waals surface area contributed by atoms with Gasteiger partial charge in [-0.2, -0.15) is 4.98 Å². The van der Waals surface area contributed by atoms with E-state index in [0.29, 0.717) is 17.7 Å². The summed E-state index contributed by atoms with van der Waals surface area (Å²) in [6, 6.07) is -0.131. The molecular formula is C16H25N3O.